The molecule has 1 N–H and O–H groups in total. The lowest BCUT2D eigenvalue weighted by molar-refractivity contribution is 0.0947. The van der Waals surface area contributed by atoms with Crippen LogP contribution in [0.25, 0.3) is 0 Å². The van der Waals surface area contributed by atoms with Crippen molar-refractivity contribution in [2.24, 2.45) is 0 Å². The molecule has 4 rings (SSSR count). The molecule has 3 heterocycles. The van der Waals surface area contributed by atoms with Gasteiger partial charge in [-0.1, -0.05) is 29.3 Å². The lowest BCUT2D eigenvalue weighted by Crippen LogP contribution is -2.36. The summed E-state index contributed by atoms with van der Waals surface area (Å²) in [7, 11) is 0. The predicted octanol–water partition coefficient (Wildman–Crippen LogP) is 3.64. The van der Waals surface area contributed by atoms with Gasteiger partial charge in [0.2, 0.25) is 0 Å². The summed E-state index contributed by atoms with van der Waals surface area (Å²) in [6.07, 6.45) is 0. The van der Waals surface area contributed by atoms with Gasteiger partial charge in [-0.15, -0.1) is 11.3 Å². The van der Waals surface area contributed by atoms with Crippen LogP contribution in [0, 0.1) is 11.3 Å². The average Bonchev–Trinajstić information content (AvgIpc) is 3.06. The van der Waals surface area contributed by atoms with E-state index in [1.54, 1.807) is 6.07 Å². The highest BCUT2D eigenvalue weighted by atomic mass is 35.5. The minimum Gasteiger partial charge on any atom is -0.378 e. The topological polar surface area (TPSA) is 65.4 Å². The molecule has 5 nitrogen and oxygen atoms in total. The van der Waals surface area contributed by atoms with Gasteiger partial charge in [-0.25, -0.2) is 0 Å². The average molecular weight is 408 g/mol. The fourth-order valence-corrected chi connectivity index (χ4v) is 5.01. The Labute approximate surface area is 165 Å². The number of hydrogen-bond acceptors (Lipinski definition) is 5. The molecule has 1 fully saturated rings. The van der Waals surface area contributed by atoms with Crippen molar-refractivity contribution in [3.8, 4) is 6.07 Å². The van der Waals surface area contributed by atoms with Crippen LogP contribution in [-0.4, -0.2) is 38.8 Å². The Balaban J connectivity index is 1.84. The van der Waals surface area contributed by atoms with Gasteiger partial charge in [-0.3, -0.25) is 4.79 Å². The Morgan fingerprint density at radius 3 is 2.73 bits per heavy atom. The van der Waals surface area contributed by atoms with Crippen LogP contribution in [0.15, 0.2) is 18.2 Å². The number of nitrogens with zero attached hydrogens (tertiary/aromatic N) is 2. The van der Waals surface area contributed by atoms with Gasteiger partial charge in [0, 0.05) is 31.1 Å². The van der Waals surface area contributed by atoms with E-state index >= 15 is 0 Å². The van der Waals surface area contributed by atoms with Crippen molar-refractivity contribution in [3.05, 3.63) is 49.8 Å². The number of benzene rings is 1. The molecule has 2 aromatic rings. The Hall–Kier alpha value is -1.78. The molecule has 2 aliphatic rings. The number of anilines is 1. The summed E-state index contributed by atoms with van der Waals surface area (Å²) in [5.41, 5.74) is 2.31. The summed E-state index contributed by atoms with van der Waals surface area (Å²) < 4.78 is 5.41. The molecule has 1 saturated heterocycles. The van der Waals surface area contributed by atoms with Crippen LogP contribution in [-0.2, 0) is 4.74 Å². The van der Waals surface area contributed by atoms with Crippen LogP contribution in [0.1, 0.15) is 32.3 Å². The molecule has 0 spiro atoms. The molecule has 1 aromatic heterocycles. The highest BCUT2D eigenvalue weighted by Crippen LogP contribution is 2.44. The highest BCUT2D eigenvalue weighted by Gasteiger charge is 2.35. The molecule has 1 atom stereocenters. The molecule has 8 heteroatoms. The maximum atomic E-state index is 12.4. The van der Waals surface area contributed by atoms with Gasteiger partial charge in [0.15, 0.2) is 0 Å². The van der Waals surface area contributed by atoms with Gasteiger partial charge in [-0.05, 0) is 17.7 Å². The number of nitriles is 1. The third-order valence-corrected chi connectivity index (χ3v) is 6.71. The fourth-order valence-electron chi connectivity index (χ4n) is 3.42. The molecule has 0 aliphatic carbocycles. The van der Waals surface area contributed by atoms with E-state index in [2.05, 4.69) is 16.3 Å². The first-order chi connectivity index (χ1) is 12.6. The number of morpholine rings is 1. The van der Waals surface area contributed by atoms with Gasteiger partial charge >= 0.3 is 0 Å². The Bertz CT molecular complexity index is 916. The van der Waals surface area contributed by atoms with Crippen LogP contribution in [0.4, 0.5) is 5.00 Å². The number of nitrogens with one attached hydrogen (secondary N) is 1. The number of halogens is 2. The number of rotatable bonds is 2. The second kappa shape index (κ2) is 7.09. The molecule has 1 amide bonds. The van der Waals surface area contributed by atoms with Crippen LogP contribution < -0.4 is 10.2 Å². The highest BCUT2D eigenvalue weighted by molar-refractivity contribution is 7.18. The van der Waals surface area contributed by atoms with E-state index in [0.717, 1.165) is 16.1 Å². The zero-order chi connectivity index (χ0) is 18.3. The van der Waals surface area contributed by atoms with Crippen LogP contribution >= 0.6 is 34.5 Å². The molecular weight excluding hydrogens is 393 g/mol. The minimum absolute atomic E-state index is 0.127. The SMILES string of the molecule is N#Cc1c(N2CCOCC2)sc2c1C(c1ccc(Cl)c(Cl)c1)CNC2=O. The van der Waals surface area contributed by atoms with Crippen molar-refractivity contribution < 1.29 is 9.53 Å². The maximum Gasteiger partial charge on any atom is 0.261 e. The molecule has 2 aliphatic heterocycles. The van der Waals surface area contributed by atoms with Gasteiger partial charge in [0.1, 0.15) is 11.1 Å². The molecule has 1 unspecified atom stereocenters. The van der Waals surface area contributed by atoms with Gasteiger partial charge in [0.25, 0.3) is 5.91 Å². The van der Waals surface area contributed by atoms with Crippen molar-refractivity contribution in [2.75, 3.05) is 37.7 Å². The summed E-state index contributed by atoms with van der Waals surface area (Å²) in [6.45, 7) is 3.10. The Kier molecular flexibility index (Phi) is 4.80. The molecule has 0 radical (unpaired) electrons. The zero-order valence-electron chi connectivity index (χ0n) is 13.7. The predicted molar refractivity (Wildman–Crippen MR) is 103 cm³/mol. The normalized spacial score (nSPS) is 19.7. The standard InChI is InChI=1S/C18H15Cl2N3O2S/c19-13-2-1-10(7-14(13)20)12-9-22-17(24)16-15(12)11(8-21)18(26-16)23-3-5-25-6-4-23/h1-2,7,12H,3-6,9H2,(H,22,24). The van der Waals surface area contributed by atoms with Crippen LogP contribution in [0.3, 0.4) is 0 Å². The summed E-state index contributed by atoms with van der Waals surface area (Å²) >= 11 is 13.6. The van der Waals surface area contributed by atoms with Crippen LogP contribution in [0.2, 0.25) is 10.0 Å². The van der Waals surface area contributed by atoms with Crippen molar-refractivity contribution in [3.63, 3.8) is 0 Å². The van der Waals surface area contributed by atoms with Gasteiger partial charge in [-0.2, -0.15) is 5.26 Å². The number of carbonyl (C=O) groups is 1. The lowest BCUT2D eigenvalue weighted by Gasteiger charge is -2.28. The summed E-state index contributed by atoms with van der Waals surface area (Å²) in [6, 6.07) is 7.79. The third-order valence-electron chi connectivity index (χ3n) is 4.70. The van der Waals surface area contributed by atoms with E-state index in [1.807, 2.05) is 12.1 Å². The molecule has 0 saturated carbocycles. The van der Waals surface area contributed by atoms with E-state index in [-0.39, 0.29) is 11.8 Å². The van der Waals surface area contributed by atoms with Gasteiger partial charge < -0.3 is 15.0 Å². The number of fused-ring (bicyclic) bond motifs is 1. The van der Waals surface area contributed by atoms with Crippen LogP contribution in [0.5, 0.6) is 0 Å². The second-order valence-corrected chi connectivity index (χ2v) is 7.99. The lowest BCUT2D eigenvalue weighted by atomic mass is 9.86. The first kappa shape index (κ1) is 17.6. The van der Waals surface area contributed by atoms with Gasteiger partial charge in [0.05, 0.1) is 33.7 Å². The summed E-state index contributed by atoms with van der Waals surface area (Å²) in [5.74, 6) is -0.254. The monoisotopic (exact) mass is 407 g/mol. The first-order valence-electron chi connectivity index (χ1n) is 8.22. The minimum atomic E-state index is -0.127. The quantitative estimate of drug-likeness (QED) is 0.824. The maximum absolute atomic E-state index is 12.4. The Morgan fingerprint density at radius 2 is 2.04 bits per heavy atom. The molecule has 26 heavy (non-hydrogen) atoms. The number of ether oxygens (including phenoxy) is 1. The number of thiophene rings is 1. The number of carbonyl (C=O) groups excluding carboxylic acids is 1. The van der Waals surface area contributed by atoms with E-state index in [1.165, 1.54) is 11.3 Å². The smallest absolute Gasteiger partial charge is 0.261 e. The molecule has 0 bridgehead atoms. The second-order valence-electron chi connectivity index (χ2n) is 6.17. The molecule has 1 aromatic carbocycles. The zero-order valence-corrected chi connectivity index (χ0v) is 16.0. The van der Waals surface area contributed by atoms with E-state index in [4.69, 9.17) is 27.9 Å². The van der Waals surface area contributed by atoms with E-state index in [9.17, 15) is 10.1 Å². The molecular formula is C18H15Cl2N3O2S. The van der Waals surface area contributed by atoms with Crippen molar-refractivity contribution in [2.45, 2.75) is 5.92 Å². The summed E-state index contributed by atoms with van der Waals surface area (Å²) in [5, 5.41) is 14.6. The van der Waals surface area contributed by atoms with Crippen molar-refractivity contribution in [1.29, 1.82) is 5.26 Å². The van der Waals surface area contributed by atoms with E-state index in [0.29, 0.717) is 53.3 Å². The van der Waals surface area contributed by atoms with E-state index < -0.39 is 0 Å². The number of amides is 1. The summed E-state index contributed by atoms with van der Waals surface area (Å²) in [4.78, 5) is 15.2. The third kappa shape index (κ3) is 2.95. The van der Waals surface area contributed by atoms with Crippen molar-refractivity contribution >= 4 is 45.4 Å². The molecule has 134 valence electrons. The van der Waals surface area contributed by atoms with Crippen molar-refractivity contribution in [1.82, 2.24) is 5.32 Å². The Morgan fingerprint density at radius 1 is 1.27 bits per heavy atom. The first-order valence-corrected chi connectivity index (χ1v) is 9.80. The number of hydrogen-bond donors (Lipinski definition) is 1. The largest absolute Gasteiger partial charge is 0.378 e. The fraction of sp³-hybridized carbons (Fsp3) is 0.333.